The first-order chi connectivity index (χ1) is 10.1. The number of benzene rings is 2. The zero-order valence-corrected chi connectivity index (χ0v) is 11.3. The molecule has 108 valence electrons. The Hall–Kier alpha value is -2.89. The van der Waals surface area contributed by atoms with Crippen molar-refractivity contribution in [3.05, 3.63) is 64.2 Å². The highest BCUT2D eigenvalue weighted by atomic mass is 16.6. The van der Waals surface area contributed by atoms with Gasteiger partial charge in [0.25, 0.3) is 5.69 Å². The summed E-state index contributed by atoms with van der Waals surface area (Å²) in [6.45, 7) is 1.89. The van der Waals surface area contributed by atoms with Crippen LogP contribution in [-0.4, -0.2) is 17.5 Å². The molecule has 6 nitrogen and oxygen atoms in total. The lowest BCUT2D eigenvalue weighted by Gasteiger charge is -2.10. The third-order valence-electron chi connectivity index (χ3n) is 2.64. The lowest BCUT2D eigenvalue weighted by atomic mass is 10.2. The maximum atomic E-state index is 11.9. The molecular weight excluding hydrogens is 274 g/mol. The van der Waals surface area contributed by atoms with Gasteiger partial charge in [0.05, 0.1) is 17.6 Å². The van der Waals surface area contributed by atoms with E-state index >= 15 is 0 Å². The van der Waals surface area contributed by atoms with Crippen LogP contribution < -0.4 is 4.74 Å². The first-order valence-electron chi connectivity index (χ1n) is 6.30. The van der Waals surface area contributed by atoms with E-state index in [2.05, 4.69) is 0 Å². The van der Waals surface area contributed by atoms with Crippen molar-refractivity contribution in [2.24, 2.45) is 0 Å². The van der Waals surface area contributed by atoms with Crippen LogP contribution in [0.3, 0.4) is 0 Å². The summed E-state index contributed by atoms with van der Waals surface area (Å²) in [6.07, 6.45) is 0. The fourth-order valence-corrected chi connectivity index (χ4v) is 1.70. The smallest absolute Gasteiger partial charge is 0.341 e. The first-order valence-corrected chi connectivity index (χ1v) is 6.30. The topological polar surface area (TPSA) is 78.7 Å². The molecule has 0 fully saturated rings. The van der Waals surface area contributed by atoms with Crippen LogP contribution in [0.1, 0.15) is 17.3 Å². The second kappa shape index (κ2) is 6.51. The number of nitro groups is 1. The predicted molar refractivity (Wildman–Crippen MR) is 75.6 cm³/mol. The minimum Gasteiger partial charge on any atom is -0.462 e. The predicted octanol–water partition coefficient (Wildman–Crippen LogP) is 3.56. The summed E-state index contributed by atoms with van der Waals surface area (Å²) >= 11 is 0. The van der Waals surface area contributed by atoms with E-state index in [0.29, 0.717) is 5.75 Å². The molecule has 0 N–H and O–H groups in total. The van der Waals surface area contributed by atoms with Gasteiger partial charge in [0.15, 0.2) is 0 Å². The zero-order chi connectivity index (χ0) is 15.2. The Bertz CT molecular complexity index is 654. The SMILES string of the molecule is CCOC(=O)c1ccc([N+](=O)[O-])cc1Oc1ccccc1. The van der Waals surface area contributed by atoms with Crippen molar-refractivity contribution >= 4 is 11.7 Å². The Morgan fingerprint density at radius 1 is 1.19 bits per heavy atom. The maximum Gasteiger partial charge on any atom is 0.341 e. The van der Waals surface area contributed by atoms with Crippen molar-refractivity contribution in [3.8, 4) is 11.5 Å². The standard InChI is InChI=1S/C15H13NO5/c1-2-20-15(17)13-9-8-11(16(18)19)10-14(13)21-12-6-4-3-5-7-12/h3-10H,2H2,1H3. The summed E-state index contributed by atoms with van der Waals surface area (Å²) in [6, 6.07) is 12.5. The molecule has 21 heavy (non-hydrogen) atoms. The highest BCUT2D eigenvalue weighted by Gasteiger charge is 2.18. The number of nitro benzene ring substituents is 1. The molecule has 0 unspecified atom stereocenters. The fraction of sp³-hybridized carbons (Fsp3) is 0.133. The number of esters is 1. The van der Waals surface area contributed by atoms with Gasteiger partial charge in [0, 0.05) is 6.07 Å². The number of nitrogens with zero attached hydrogens (tertiary/aromatic N) is 1. The van der Waals surface area contributed by atoms with E-state index in [-0.39, 0.29) is 23.6 Å². The molecule has 0 amide bonds. The second-order valence-electron chi connectivity index (χ2n) is 4.07. The number of non-ortho nitro benzene ring substituents is 1. The lowest BCUT2D eigenvalue weighted by Crippen LogP contribution is -2.07. The summed E-state index contributed by atoms with van der Waals surface area (Å²) in [5.41, 5.74) is -0.0136. The Morgan fingerprint density at radius 3 is 2.52 bits per heavy atom. The molecule has 0 atom stereocenters. The summed E-state index contributed by atoms with van der Waals surface area (Å²) in [5, 5.41) is 10.8. The van der Waals surface area contributed by atoms with E-state index in [0.717, 1.165) is 0 Å². The molecule has 0 spiro atoms. The van der Waals surface area contributed by atoms with Crippen LogP contribution in [0.15, 0.2) is 48.5 Å². The zero-order valence-electron chi connectivity index (χ0n) is 11.3. The van der Waals surface area contributed by atoms with E-state index in [1.165, 1.54) is 18.2 Å². The molecule has 0 aromatic heterocycles. The minimum absolute atomic E-state index is 0.0915. The Morgan fingerprint density at radius 2 is 1.90 bits per heavy atom. The lowest BCUT2D eigenvalue weighted by molar-refractivity contribution is -0.384. The van der Waals surface area contributed by atoms with E-state index in [1.54, 1.807) is 31.2 Å². The van der Waals surface area contributed by atoms with Crippen molar-refractivity contribution in [1.29, 1.82) is 0 Å². The summed E-state index contributed by atoms with van der Waals surface area (Å²) in [4.78, 5) is 22.2. The van der Waals surface area contributed by atoms with Crippen LogP contribution in [0, 0.1) is 10.1 Å². The third-order valence-corrected chi connectivity index (χ3v) is 2.64. The first kappa shape index (κ1) is 14.5. The van der Waals surface area contributed by atoms with Gasteiger partial charge in [-0.05, 0) is 25.1 Å². The molecule has 6 heteroatoms. The van der Waals surface area contributed by atoms with Crippen LogP contribution in [0.2, 0.25) is 0 Å². The van der Waals surface area contributed by atoms with Gasteiger partial charge >= 0.3 is 5.97 Å². The Balaban J connectivity index is 2.40. The molecule has 0 radical (unpaired) electrons. The molecule has 0 saturated heterocycles. The molecule has 2 aromatic rings. The maximum absolute atomic E-state index is 11.9. The van der Waals surface area contributed by atoms with Gasteiger partial charge in [-0.25, -0.2) is 4.79 Å². The minimum atomic E-state index is -0.585. The largest absolute Gasteiger partial charge is 0.462 e. The molecule has 2 aromatic carbocycles. The van der Waals surface area contributed by atoms with Crippen LogP contribution >= 0.6 is 0 Å². The van der Waals surface area contributed by atoms with Crippen molar-refractivity contribution in [2.75, 3.05) is 6.61 Å². The number of hydrogen-bond donors (Lipinski definition) is 0. The normalized spacial score (nSPS) is 9.95. The molecule has 0 heterocycles. The van der Waals surface area contributed by atoms with Crippen molar-refractivity contribution in [1.82, 2.24) is 0 Å². The average Bonchev–Trinajstić information content (AvgIpc) is 2.48. The highest BCUT2D eigenvalue weighted by molar-refractivity contribution is 5.93. The number of ether oxygens (including phenoxy) is 2. The number of para-hydroxylation sites is 1. The van der Waals surface area contributed by atoms with Crippen molar-refractivity contribution in [2.45, 2.75) is 6.92 Å². The van der Waals surface area contributed by atoms with Crippen LogP contribution in [0.5, 0.6) is 11.5 Å². The van der Waals surface area contributed by atoms with Gasteiger partial charge in [-0.1, -0.05) is 18.2 Å². The number of carbonyl (C=O) groups excluding carboxylic acids is 1. The fourth-order valence-electron chi connectivity index (χ4n) is 1.70. The number of rotatable bonds is 5. The quantitative estimate of drug-likeness (QED) is 0.477. The summed E-state index contributed by atoms with van der Waals surface area (Å²) in [7, 11) is 0. The molecule has 0 aliphatic rings. The van der Waals surface area contributed by atoms with E-state index in [1.807, 2.05) is 6.07 Å². The van der Waals surface area contributed by atoms with Crippen LogP contribution in [0.25, 0.3) is 0 Å². The van der Waals surface area contributed by atoms with Gasteiger partial charge < -0.3 is 9.47 Å². The van der Waals surface area contributed by atoms with E-state index in [4.69, 9.17) is 9.47 Å². The van der Waals surface area contributed by atoms with E-state index in [9.17, 15) is 14.9 Å². The van der Waals surface area contributed by atoms with E-state index < -0.39 is 10.9 Å². The average molecular weight is 287 g/mol. The molecule has 0 aliphatic carbocycles. The van der Waals surface area contributed by atoms with Gasteiger partial charge in [-0.15, -0.1) is 0 Å². The van der Waals surface area contributed by atoms with Gasteiger partial charge in [-0.2, -0.15) is 0 Å². The molecule has 0 saturated carbocycles. The third kappa shape index (κ3) is 3.56. The van der Waals surface area contributed by atoms with Gasteiger partial charge in [0.2, 0.25) is 0 Å². The van der Waals surface area contributed by atoms with Crippen LogP contribution in [-0.2, 0) is 4.74 Å². The molecule has 2 rings (SSSR count). The summed E-state index contributed by atoms with van der Waals surface area (Å²) in [5.74, 6) is -0.0178. The molecule has 0 bridgehead atoms. The number of carbonyl (C=O) groups is 1. The molecular formula is C15H13NO5. The van der Waals surface area contributed by atoms with Crippen molar-refractivity contribution < 1.29 is 19.2 Å². The number of hydrogen-bond acceptors (Lipinski definition) is 5. The van der Waals surface area contributed by atoms with Crippen LogP contribution in [0.4, 0.5) is 5.69 Å². The highest BCUT2D eigenvalue weighted by Crippen LogP contribution is 2.29. The second-order valence-corrected chi connectivity index (χ2v) is 4.07. The Kier molecular flexibility index (Phi) is 4.50. The van der Waals surface area contributed by atoms with Gasteiger partial charge in [-0.3, -0.25) is 10.1 Å². The van der Waals surface area contributed by atoms with Gasteiger partial charge in [0.1, 0.15) is 17.1 Å². The monoisotopic (exact) mass is 287 g/mol. The summed E-state index contributed by atoms with van der Waals surface area (Å²) < 4.78 is 10.5. The van der Waals surface area contributed by atoms with Crippen molar-refractivity contribution in [3.63, 3.8) is 0 Å². The Labute approximate surface area is 121 Å². The molecule has 0 aliphatic heterocycles.